The second-order valence-corrected chi connectivity index (χ2v) is 4.26. The van der Waals surface area contributed by atoms with Crippen LogP contribution in [0.1, 0.15) is 28.6 Å². The molecule has 2 aromatic rings. The molecule has 1 aromatic heterocycles. The highest BCUT2D eigenvalue weighted by molar-refractivity contribution is 6.07. The first-order chi connectivity index (χ1) is 8.24. The molecule has 1 aliphatic heterocycles. The van der Waals surface area contributed by atoms with Crippen molar-refractivity contribution in [3.63, 3.8) is 0 Å². The Hall–Kier alpha value is -2.03. The number of furan rings is 1. The van der Waals surface area contributed by atoms with Crippen molar-refractivity contribution < 1.29 is 13.9 Å². The van der Waals surface area contributed by atoms with Crippen LogP contribution in [0.3, 0.4) is 0 Å². The van der Waals surface area contributed by atoms with Crippen LogP contribution in [0.2, 0.25) is 0 Å². The summed E-state index contributed by atoms with van der Waals surface area (Å²) in [5.74, 6) is 1.17. The van der Waals surface area contributed by atoms with E-state index in [0.29, 0.717) is 11.3 Å². The third-order valence-corrected chi connectivity index (χ3v) is 2.90. The fourth-order valence-electron chi connectivity index (χ4n) is 2.11. The fraction of sp³-hybridized carbons (Fsp3) is 0.214. The third-order valence-electron chi connectivity index (χ3n) is 2.90. The SMILES string of the molecule is CC1Cc2cc(C(=O)c3ccco3)ccc2O1. The maximum absolute atomic E-state index is 12.1. The maximum Gasteiger partial charge on any atom is 0.228 e. The van der Waals surface area contributed by atoms with Gasteiger partial charge in [-0.1, -0.05) is 0 Å². The van der Waals surface area contributed by atoms with E-state index in [9.17, 15) is 4.79 Å². The van der Waals surface area contributed by atoms with Crippen LogP contribution in [0, 0.1) is 0 Å². The van der Waals surface area contributed by atoms with Gasteiger partial charge in [-0.05, 0) is 42.8 Å². The summed E-state index contributed by atoms with van der Waals surface area (Å²) < 4.78 is 10.7. The smallest absolute Gasteiger partial charge is 0.228 e. The van der Waals surface area contributed by atoms with E-state index in [1.807, 2.05) is 19.1 Å². The second-order valence-electron chi connectivity index (χ2n) is 4.26. The van der Waals surface area contributed by atoms with Crippen LogP contribution in [-0.4, -0.2) is 11.9 Å². The molecule has 3 rings (SSSR count). The lowest BCUT2D eigenvalue weighted by atomic mass is 10.0. The van der Waals surface area contributed by atoms with Gasteiger partial charge in [-0.2, -0.15) is 0 Å². The van der Waals surface area contributed by atoms with Crippen molar-refractivity contribution in [2.75, 3.05) is 0 Å². The van der Waals surface area contributed by atoms with Crippen molar-refractivity contribution in [2.24, 2.45) is 0 Å². The summed E-state index contributed by atoms with van der Waals surface area (Å²) in [6.07, 6.45) is 2.55. The normalized spacial score (nSPS) is 17.6. The molecule has 0 saturated carbocycles. The van der Waals surface area contributed by atoms with Crippen LogP contribution >= 0.6 is 0 Å². The van der Waals surface area contributed by atoms with Crippen molar-refractivity contribution in [3.8, 4) is 5.75 Å². The number of carbonyl (C=O) groups excluding carboxylic acids is 1. The minimum Gasteiger partial charge on any atom is -0.490 e. The topological polar surface area (TPSA) is 39.4 Å². The van der Waals surface area contributed by atoms with Gasteiger partial charge in [-0.25, -0.2) is 0 Å². The van der Waals surface area contributed by atoms with Gasteiger partial charge in [-0.3, -0.25) is 4.79 Å². The molecule has 3 nitrogen and oxygen atoms in total. The molecule has 86 valence electrons. The van der Waals surface area contributed by atoms with E-state index in [-0.39, 0.29) is 11.9 Å². The molecule has 0 radical (unpaired) electrons. The number of hydrogen-bond donors (Lipinski definition) is 0. The molecule has 0 aliphatic carbocycles. The summed E-state index contributed by atoms with van der Waals surface area (Å²) in [4.78, 5) is 12.1. The van der Waals surface area contributed by atoms with Crippen LogP contribution in [0.25, 0.3) is 0 Å². The summed E-state index contributed by atoms with van der Waals surface area (Å²) >= 11 is 0. The van der Waals surface area contributed by atoms with Crippen molar-refractivity contribution >= 4 is 5.78 Å². The Kier molecular flexibility index (Phi) is 2.25. The molecule has 0 fully saturated rings. The number of fused-ring (bicyclic) bond motifs is 1. The first-order valence-electron chi connectivity index (χ1n) is 5.62. The molecule has 0 spiro atoms. The maximum atomic E-state index is 12.1. The molecule has 1 unspecified atom stereocenters. The Labute approximate surface area is 99.0 Å². The van der Waals surface area contributed by atoms with Gasteiger partial charge in [0.25, 0.3) is 0 Å². The second kappa shape index (κ2) is 3.77. The molecule has 3 heteroatoms. The first kappa shape index (κ1) is 10.1. The van der Waals surface area contributed by atoms with Gasteiger partial charge in [0.1, 0.15) is 11.9 Å². The highest BCUT2D eigenvalue weighted by Gasteiger charge is 2.21. The number of carbonyl (C=O) groups is 1. The van der Waals surface area contributed by atoms with Crippen LogP contribution in [0.15, 0.2) is 41.0 Å². The van der Waals surface area contributed by atoms with Crippen molar-refractivity contribution in [3.05, 3.63) is 53.5 Å². The van der Waals surface area contributed by atoms with Gasteiger partial charge >= 0.3 is 0 Å². The number of ether oxygens (including phenoxy) is 1. The number of rotatable bonds is 2. The Morgan fingerprint density at radius 3 is 3.00 bits per heavy atom. The lowest BCUT2D eigenvalue weighted by molar-refractivity contribution is 0.101. The predicted octanol–water partition coefficient (Wildman–Crippen LogP) is 2.83. The molecule has 1 aliphatic rings. The zero-order valence-corrected chi connectivity index (χ0v) is 9.47. The highest BCUT2D eigenvalue weighted by atomic mass is 16.5. The Bertz CT molecular complexity index is 555. The number of ketones is 1. The van der Waals surface area contributed by atoms with Gasteiger partial charge in [-0.15, -0.1) is 0 Å². The van der Waals surface area contributed by atoms with E-state index >= 15 is 0 Å². The van der Waals surface area contributed by atoms with Crippen molar-refractivity contribution in [1.29, 1.82) is 0 Å². The van der Waals surface area contributed by atoms with Crippen LogP contribution in [-0.2, 0) is 6.42 Å². The quantitative estimate of drug-likeness (QED) is 0.742. The standard InChI is InChI=1S/C14H12O3/c1-9-7-11-8-10(4-5-12(11)17-9)14(15)13-3-2-6-16-13/h2-6,8-9H,7H2,1H3. The van der Waals surface area contributed by atoms with Crippen molar-refractivity contribution in [2.45, 2.75) is 19.4 Å². The van der Waals surface area contributed by atoms with E-state index in [0.717, 1.165) is 17.7 Å². The summed E-state index contributed by atoms with van der Waals surface area (Å²) in [5, 5.41) is 0. The fourth-order valence-corrected chi connectivity index (χ4v) is 2.11. The average Bonchev–Trinajstić information content (AvgIpc) is 2.94. The largest absolute Gasteiger partial charge is 0.490 e. The lowest BCUT2D eigenvalue weighted by Gasteiger charge is -2.02. The Morgan fingerprint density at radius 2 is 2.24 bits per heavy atom. The van der Waals surface area contributed by atoms with Gasteiger partial charge in [0.2, 0.25) is 5.78 Å². The molecular weight excluding hydrogens is 216 g/mol. The van der Waals surface area contributed by atoms with E-state index in [1.165, 1.54) is 6.26 Å². The van der Waals surface area contributed by atoms with Crippen LogP contribution in [0.5, 0.6) is 5.75 Å². The zero-order chi connectivity index (χ0) is 11.8. The van der Waals surface area contributed by atoms with Gasteiger partial charge in [0.05, 0.1) is 6.26 Å². The van der Waals surface area contributed by atoms with E-state index in [4.69, 9.17) is 9.15 Å². The summed E-state index contributed by atoms with van der Waals surface area (Å²) in [6.45, 7) is 2.02. The highest BCUT2D eigenvalue weighted by Crippen LogP contribution is 2.30. The monoisotopic (exact) mass is 228 g/mol. The first-order valence-corrected chi connectivity index (χ1v) is 5.62. The summed E-state index contributed by atoms with van der Waals surface area (Å²) in [7, 11) is 0. The van der Waals surface area contributed by atoms with Crippen LogP contribution in [0.4, 0.5) is 0 Å². The molecule has 0 amide bonds. The van der Waals surface area contributed by atoms with E-state index in [2.05, 4.69) is 0 Å². The number of hydrogen-bond acceptors (Lipinski definition) is 3. The predicted molar refractivity (Wildman–Crippen MR) is 62.4 cm³/mol. The molecule has 0 N–H and O–H groups in total. The molecule has 0 bridgehead atoms. The van der Waals surface area contributed by atoms with Gasteiger partial charge in [0, 0.05) is 12.0 Å². The number of benzene rings is 1. The minimum atomic E-state index is -0.0858. The Balaban J connectivity index is 1.96. The van der Waals surface area contributed by atoms with E-state index < -0.39 is 0 Å². The van der Waals surface area contributed by atoms with Crippen LogP contribution < -0.4 is 4.74 Å². The summed E-state index contributed by atoms with van der Waals surface area (Å²) in [6, 6.07) is 8.92. The van der Waals surface area contributed by atoms with Gasteiger partial charge in [0.15, 0.2) is 5.76 Å². The molecule has 2 heterocycles. The molecule has 0 saturated heterocycles. The molecule has 17 heavy (non-hydrogen) atoms. The van der Waals surface area contributed by atoms with Gasteiger partial charge < -0.3 is 9.15 Å². The summed E-state index contributed by atoms with van der Waals surface area (Å²) in [5.41, 5.74) is 1.74. The average molecular weight is 228 g/mol. The lowest BCUT2D eigenvalue weighted by Crippen LogP contribution is -2.05. The molecule has 1 aromatic carbocycles. The van der Waals surface area contributed by atoms with Crippen molar-refractivity contribution in [1.82, 2.24) is 0 Å². The minimum absolute atomic E-state index is 0.0858. The van der Waals surface area contributed by atoms with E-state index in [1.54, 1.807) is 18.2 Å². The molecular formula is C14H12O3. The zero-order valence-electron chi connectivity index (χ0n) is 9.47. The third kappa shape index (κ3) is 1.73. The Morgan fingerprint density at radius 1 is 1.35 bits per heavy atom. The molecule has 1 atom stereocenters.